The highest BCUT2D eigenvalue weighted by molar-refractivity contribution is 7.18. The Balaban J connectivity index is 2.34. The van der Waals surface area contributed by atoms with Gasteiger partial charge in [-0.15, -0.1) is 11.3 Å². The molecule has 17 heavy (non-hydrogen) atoms. The highest BCUT2D eigenvalue weighted by atomic mass is 32.1. The van der Waals surface area contributed by atoms with Crippen LogP contribution in [0.15, 0.2) is 18.2 Å². The molecule has 0 aliphatic heterocycles. The van der Waals surface area contributed by atoms with Gasteiger partial charge in [0.15, 0.2) is 0 Å². The molecule has 1 heterocycles. The van der Waals surface area contributed by atoms with Crippen LogP contribution >= 0.6 is 11.3 Å². The molecule has 2 nitrogen and oxygen atoms in total. The Kier molecular flexibility index (Phi) is 3.79. The van der Waals surface area contributed by atoms with Crippen molar-refractivity contribution in [3.8, 4) is 0 Å². The van der Waals surface area contributed by atoms with Crippen LogP contribution in [0.3, 0.4) is 0 Å². The van der Waals surface area contributed by atoms with E-state index in [0.717, 1.165) is 11.9 Å². The predicted octanol–water partition coefficient (Wildman–Crippen LogP) is 3.69. The fourth-order valence-corrected chi connectivity index (χ4v) is 3.28. The smallest absolute Gasteiger partial charge is 0.0982 e. The molecule has 0 saturated heterocycles. The fraction of sp³-hybridized carbons (Fsp3) is 0.500. The topological polar surface area (TPSA) is 38.9 Å². The Labute approximate surface area is 107 Å². The van der Waals surface area contributed by atoms with Crippen molar-refractivity contribution in [1.29, 1.82) is 0 Å². The molecule has 3 heteroatoms. The molecule has 0 aliphatic rings. The maximum atomic E-state index is 5.87. The molecule has 1 aromatic heterocycles. The Hall–Kier alpha value is -0.930. The van der Waals surface area contributed by atoms with Gasteiger partial charge in [-0.3, -0.25) is 0 Å². The van der Waals surface area contributed by atoms with Gasteiger partial charge in [0.2, 0.25) is 0 Å². The van der Waals surface area contributed by atoms with E-state index in [0.29, 0.717) is 18.4 Å². The van der Waals surface area contributed by atoms with Crippen LogP contribution in [-0.2, 0) is 0 Å². The van der Waals surface area contributed by atoms with E-state index >= 15 is 0 Å². The van der Waals surface area contributed by atoms with E-state index in [2.05, 4.69) is 39.0 Å². The molecule has 1 unspecified atom stereocenters. The van der Waals surface area contributed by atoms with Crippen molar-refractivity contribution >= 4 is 21.6 Å². The molecule has 1 atom stereocenters. The third-order valence-electron chi connectivity index (χ3n) is 2.95. The largest absolute Gasteiger partial charge is 0.330 e. The first-order valence-corrected chi connectivity index (χ1v) is 6.99. The number of hydrogen-bond donors (Lipinski definition) is 1. The Morgan fingerprint density at radius 2 is 2.12 bits per heavy atom. The number of aromatic nitrogens is 1. The number of benzene rings is 1. The quantitative estimate of drug-likeness (QED) is 0.896. The monoisotopic (exact) mass is 248 g/mol. The van der Waals surface area contributed by atoms with Gasteiger partial charge in [0.1, 0.15) is 0 Å². The van der Waals surface area contributed by atoms with Crippen molar-refractivity contribution in [3.05, 3.63) is 28.8 Å². The van der Waals surface area contributed by atoms with Crippen LogP contribution in [0.25, 0.3) is 10.2 Å². The second kappa shape index (κ2) is 5.15. The van der Waals surface area contributed by atoms with E-state index in [1.165, 1.54) is 15.3 Å². The van der Waals surface area contributed by atoms with Crippen LogP contribution in [0.2, 0.25) is 0 Å². The summed E-state index contributed by atoms with van der Waals surface area (Å²) in [5, 5.41) is 1.20. The number of fused-ring (bicyclic) bond motifs is 1. The number of hydrogen-bond acceptors (Lipinski definition) is 3. The zero-order valence-corrected chi connectivity index (χ0v) is 11.6. The van der Waals surface area contributed by atoms with Gasteiger partial charge in [-0.1, -0.05) is 19.9 Å². The molecule has 0 spiro atoms. The molecule has 2 aromatic rings. The minimum absolute atomic E-state index is 0.410. The van der Waals surface area contributed by atoms with Crippen LogP contribution in [0.5, 0.6) is 0 Å². The van der Waals surface area contributed by atoms with Gasteiger partial charge in [0.05, 0.1) is 15.2 Å². The van der Waals surface area contributed by atoms with E-state index < -0.39 is 0 Å². The SMILES string of the molecule is Cc1ccc2nc(C(CN)CC(C)C)sc2c1. The maximum Gasteiger partial charge on any atom is 0.0982 e. The Bertz CT molecular complexity index is 502. The van der Waals surface area contributed by atoms with E-state index in [1.54, 1.807) is 11.3 Å². The van der Waals surface area contributed by atoms with Gasteiger partial charge in [-0.2, -0.15) is 0 Å². The van der Waals surface area contributed by atoms with Gasteiger partial charge in [-0.05, 0) is 37.0 Å². The van der Waals surface area contributed by atoms with Gasteiger partial charge in [0.25, 0.3) is 0 Å². The lowest BCUT2D eigenvalue weighted by Gasteiger charge is -2.13. The van der Waals surface area contributed by atoms with Gasteiger partial charge in [-0.25, -0.2) is 4.98 Å². The molecule has 0 radical (unpaired) electrons. The summed E-state index contributed by atoms with van der Waals surface area (Å²) < 4.78 is 1.28. The average molecular weight is 248 g/mol. The van der Waals surface area contributed by atoms with Gasteiger partial charge >= 0.3 is 0 Å². The maximum absolute atomic E-state index is 5.87. The molecule has 0 bridgehead atoms. The summed E-state index contributed by atoms with van der Waals surface area (Å²) in [6.45, 7) is 7.28. The number of rotatable bonds is 4. The standard InChI is InChI=1S/C14H20N2S/c1-9(2)6-11(8-15)14-16-12-5-4-10(3)7-13(12)17-14/h4-5,7,9,11H,6,8,15H2,1-3H3. The van der Waals surface area contributed by atoms with Crippen molar-refractivity contribution in [3.63, 3.8) is 0 Å². The van der Waals surface area contributed by atoms with E-state index in [-0.39, 0.29) is 0 Å². The first-order valence-electron chi connectivity index (χ1n) is 6.17. The van der Waals surface area contributed by atoms with Gasteiger partial charge < -0.3 is 5.73 Å². The molecular formula is C14H20N2S. The average Bonchev–Trinajstić information content (AvgIpc) is 2.68. The predicted molar refractivity (Wildman–Crippen MR) is 75.6 cm³/mol. The lowest BCUT2D eigenvalue weighted by atomic mass is 9.98. The number of nitrogens with two attached hydrogens (primary N) is 1. The molecule has 0 saturated carbocycles. The second-order valence-electron chi connectivity index (χ2n) is 5.09. The summed E-state index contributed by atoms with van der Waals surface area (Å²) in [5.41, 5.74) is 8.27. The third-order valence-corrected chi connectivity index (χ3v) is 4.13. The number of nitrogens with zero attached hydrogens (tertiary/aromatic N) is 1. The van der Waals surface area contributed by atoms with E-state index in [4.69, 9.17) is 10.7 Å². The molecule has 0 aliphatic carbocycles. The van der Waals surface area contributed by atoms with Crippen molar-refractivity contribution < 1.29 is 0 Å². The number of aryl methyl sites for hydroxylation is 1. The highest BCUT2D eigenvalue weighted by Gasteiger charge is 2.16. The van der Waals surface area contributed by atoms with Crippen molar-refractivity contribution in [2.75, 3.05) is 6.54 Å². The lowest BCUT2D eigenvalue weighted by Crippen LogP contribution is -2.14. The van der Waals surface area contributed by atoms with E-state index in [9.17, 15) is 0 Å². The molecule has 2 rings (SSSR count). The molecule has 92 valence electrons. The molecule has 0 amide bonds. The zero-order valence-electron chi connectivity index (χ0n) is 10.7. The summed E-state index contributed by atoms with van der Waals surface area (Å²) in [7, 11) is 0. The number of thiazole rings is 1. The van der Waals surface area contributed by atoms with Crippen molar-refractivity contribution in [2.45, 2.75) is 33.1 Å². The first-order chi connectivity index (χ1) is 8.10. The third kappa shape index (κ3) is 2.85. The zero-order chi connectivity index (χ0) is 12.4. The highest BCUT2D eigenvalue weighted by Crippen LogP contribution is 2.31. The normalized spacial score (nSPS) is 13.5. The Morgan fingerprint density at radius 1 is 1.35 bits per heavy atom. The Morgan fingerprint density at radius 3 is 2.76 bits per heavy atom. The minimum atomic E-state index is 0.410. The summed E-state index contributed by atoms with van der Waals surface area (Å²) in [6.07, 6.45) is 1.12. The molecule has 0 fully saturated rings. The van der Waals surface area contributed by atoms with Crippen LogP contribution in [-0.4, -0.2) is 11.5 Å². The van der Waals surface area contributed by atoms with Crippen LogP contribution in [0.4, 0.5) is 0 Å². The summed E-state index contributed by atoms with van der Waals surface area (Å²) in [6, 6.07) is 6.43. The summed E-state index contributed by atoms with van der Waals surface area (Å²) in [5.74, 6) is 1.07. The van der Waals surface area contributed by atoms with Gasteiger partial charge in [0, 0.05) is 12.5 Å². The molecular weight excluding hydrogens is 228 g/mol. The van der Waals surface area contributed by atoms with Crippen molar-refractivity contribution in [2.24, 2.45) is 11.7 Å². The lowest BCUT2D eigenvalue weighted by molar-refractivity contribution is 0.503. The second-order valence-corrected chi connectivity index (χ2v) is 6.15. The summed E-state index contributed by atoms with van der Waals surface area (Å²) in [4.78, 5) is 4.72. The van der Waals surface area contributed by atoms with Crippen LogP contribution in [0, 0.1) is 12.8 Å². The molecule has 2 N–H and O–H groups in total. The van der Waals surface area contributed by atoms with E-state index in [1.807, 2.05) is 0 Å². The van der Waals surface area contributed by atoms with Crippen LogP contribution in [0.1, 0.15) is 36.8 Å². The first kappa shape index (κ1) is 12.5. The van der Waals surface area contributed by atoms with Crippen molar-refractivity contribution in [1.82, 2.24) is 4.98 Å². The summed E-state index contributed by atoms with van der Waals surface area (Å²) >= 11 is 1.79. The van der Waals surface area contributed by atoms with Crippen LogP contribution < -0.4 is 5.73 Å². The molecule has 1 aromatic carbocycles. The minimum Gasteiger partial charge on any atom is -0.330 e. The fourth-order valence-electron chi connectivity index (χ4n) is 2.09.